The summed E-state index contributed by atoms with van der Waals surface area (Å²) < 4.78 is 11.3. The Hall–Kier alpha value is -3.39. The standard InChI is InChI=1S/C21H18BrN3O4/c22-18-11-15(24-19(26)13-28-16-7-3-1-4-8-16)12-23-21(18)25-20(27)14-29-17-9-5-2-6-10-17/h1-12H,13-14H2,(H,24,26)(H,23,25,27). The number of nitrogens with one attached hydrogen (secondary N) is 2. The number of anilines is 2. The summed E-state index contributed by atoms with van der Waals surface area (Å²) in [6.07, 6.45) is 1.44. The van der Waals surface area contributed by atoms with Crippen molar-refractivity contribution in [2.45, 2.75) is 0 Å². The molecule has 29 heavy (non-hydrogen) atoms. The fourth-order valence-corrected chi connectivity index (χ4v) is 2.74. The Labute approximate surface area is 176 Å². The van der Waals surface area contributed by atoms with Gasteiger partial charge in [0.1, 0.15) is 17.3 Å². The molecule has 0 bridgehead atoms. The quantitative estimate of drug-likeness (QED) is 0.537. The van der Waals surface area contributed by atoms with Crippen molar-refractivity contribution in [1.82, 2.24) is 4.98 Å². The average Bonchev–Trinajstić information content (AvgIpc) is 2.74. The molecule has 148 valence electrons. The van der Waals surface area contributed by atoms with Crippen LogP contribution in [0.15, 0.2) is 77.4 Å². The third-order valence-electron chi connectivity index (χ3n) is 3.61. The molecule has 0 aliphatic rings. The lowest BCUT2D eigenvalue weighted by Crippen LogP contribution is -2.22. The van der Waals surface area contributed by atoms with Crippen LogP contribution in [0.2, 0.25) is 0 Å². The molecule has 0 fully saturated rings. The van der Waals surface area contributed by atoms with Gasteiger partial charge in [0.05, 0.1) is 16.4 Å². The zero-order chi connectivity index (χ0) is 20.5. The van der Waals surface area contributed by atoms with E-state index >= 15 is 0 Å². The lowest BCUT2D eigenvalue weighted by Gasteiger charge is -2.10. The molecular formula is C21H18BrN3O4. The van der Waals surface area contributed by atoms with Crippen molar-refractivity contribution < 1.29 is 19.1 Å². The maximum absolute atomic E-state index is 12.0. The van der Waals surface area contributed by atoms with E-state index in [-0.39, 0.29) is 25.0 Å². The van der Waals surface area contributed by atoms with E-state index in [4.69, 9.17) is 9.47 Å². The molecule has 0 aliphatic carbocycles. The molecule has 0 atom stereocenters. The highest BCUT2D eigenvalue weighted by Gasteiger charge is 2.10. The summed E-state index contributed by atoms with van der Waals surface area (Å²) in [5.41, 5.74) is 0.470. The van der Waals surface area contributed by atoms with Crippen LogP contribution in [0.5, 0.6) is 11.5 Å². The summed E-state index contributed by atoms with van der Waals surface area (Å²) in [5.74, 6) is 0.860. The Morgan fingerprint density at radius 1 is 0.828 bits per heavy atom. The molecule has 3 aromatic rings. The topological polar surface area (TPSA) is 89.5 Å². The molecule has 1 aromatic heterocycles. The van der Waals surface area contributed by atoms with Gasteiger partial charge in [0.25, 0.3) is 11.8 Å². The molecule has 7 nitrogen and oxygen atoms in total. The van der Waals surface area contributed by atoms with Crippen LogP contribution < -0.4 is 20.1 Å². The number of hydrogen-bond acceptors (Lipinski definition) is 5. The number of carbonyl (C=O) groups is 2. The van der Waals surface area contributed by atoms with E-state index in [9.17, 15) is 9.59 Å². The van der Waals surface area contributed by atoms with E-state index in [1.165, 1.54) is 6.20 Å². The number of ether oxygens (including phenoxy) is 2. The normalized spacial score (nSPS) is 10.1. The monoisotopic (exact) mass is 455 g/mol. The summed E-state index contributed by atoms with van der Waals surface area (Å²) >= 11 is 3.34. The van der Waals surface area contributed by atoms with Crippen LogP contribution in [0.25, 0.3) is 0 Å². The molecule has 3 rings (SSSR count). The highest BCUT2D eigenvalue weighted by Crippen LogP contribution is 2.23. The van der Waals surface area contributed by atoms with Crippen molar-refractivity contribution in [2.75, 3.05) is 23.8 Å². The van der Waals surface area contributed by atoms with Gasteiger partial charge in [-0.2, -0.15) is 0 Å². The molecule has 8 heteroatoms. The van der Waals surface area contributed by atoms with Gasteiger partial charge in [0.15, 0.2) is 13.2 Å². The maximum Gasteiger partial charge on any atom is 0.263 e. The molecule has 1 heterocycles. The number of hydrogen-bond donors (Lipinski definition) is 2. The van der Waals surface area contributed by atoms with Crippen LogP contribution in [0, 0.1) is 0 Å². The van der Waals surface area contributed by atoms with Crippen LogP contribution in [0.4, 0.5) is 11.5 Å². The summed E-state index contributed by atoms with van der Waals surface area (Å²) in [7, 11) is 0. The molecule has 2 aromatic carbocycles. The molecule has 0 radical (unpaired) electrons. The average molecular weight is 456 g/mol. The Balaban J connectivity index is 1.48. The lowest BCUT2D eigenvalue weighted by molar-refractivity contribution is -0.118. The number of nitrogens with zero attached hydrogens (tertiary/aromatic N) is 1. The third-order valence-corrected chi connectivity index (χ3v) is 4.21. The molecule has 0 spiro atoms. The second-order valence-corrected chi connectivity index (χ2v) is 6.71. The highest BCUT2D eigenvalue weighted by molar-refractivity contribution is 9.10. The zero-order valence-electron chi connectivity index (χ0n) is 15.3. The van der Waals surface area contributed by atoms with Crippen molar-refractivity contribution in [2.24, 2.45) is 0 Å². The summed E-state index contributed by atoms with van der Waals surface area (Å²) in [6.45, 7) is -0.273. The van der Waals surface area contributed by atoms with Crippen LogP contribution in [0.3, 0.4) is 0 Å². The van der Waals surface area contributed by atoms with Crippen LogP contribution in [0.1, 0.15) is 0 Å². The minimum Gasteiger partial charge on any atom is -0.484 e. The van der Waals surface area contributed by atoms with Crippen molar-refractivity contribution in [3.8, 4) is 11.5 Å². The Bertz CT molecular complexity index is 968. The number of carbonyl (C=O) groups excluding carboxylic acids is 2. The van der Waals surface area contributed by atoms with Gasteiger partial charge in [0.2, 0.25) is 0 Å². The molecular weight excluding hydrogens is 438 g/mol. The van der Waals surface area contributed by atoms with Crippen LogP contribution in [-0.2, 0) is 9.59 Å². The number of benzene rings is 2. The van der Waals surface area contributed by atoms with Gasteiger partial charge in [-0.1, -0.05) is 36.4 Å². The molecule has 0 aliphatic heterocycles. The third kappa shape index (κ3) is 6.62. The van der Waals surface area contributed by atoms with E-state index < -0.39 is 0 Å². The minimum atomic E-state index is -0.352. The molecule has 0 saturated carbocycles. The number of pyridine rings is 1. The molecule has 0 unspecified atom stereocenters. The second-order valence-electron chi connectivity index (χ2n) is 5.85. The van der Waals surface area contributed by atoms with E-state index in [0.717, 1.165) is 0 Å². The number of rotatable bonds is 8. The number of aromatic nitrogens is 1. The van der Waals surface area contributed by atoms with Gasteiger partial charge in [-0.3, -0.25) is 9.59 Å². The SMILES string of the molecule is O=C(COc1ccccc1)Nc1cnc(NC(=O)COc2ccccc2)c(Br)c1. The van der Waals surface area contributed by atoms with Gasteiger partial charge < -0.3 is 20.1 Å². The van der Waals surface area contributed by atoms with Gasteiger partial charge in [0, 0.05) is 0 Å². The number of para-hydroxylation sites is 2. The van der Waals surface area contributed by atoms with Gasteiger partial charge in [-0.25, -0.2) is 4.98 Å². The summed E-state index contributed by atoms with van der Waals surface area (Å²) in [5, 5.41) is 5.33. The first-order valence-corrected chi connectivity index (χ1v) is 9.50. The van der Waals surface area contributed by atoms with Crippen molar-refractivity contribution in [3.05, 3.63) is 77.4 Å². The van der Waals surface area contributed by atoms with Gasteiger partial charge in [-0.05, 0) is 46.3 Å². The minimum absolute atomic E-state index is 0.128. The van der Waals surface area contributed by atoms with E-state index in [0.29, 0.717) is 27.5 Å². The summed E-state index contributed by atoms with van der Waals surface area (Å²) in [6, 6.07) is 19.7. The predicted molar refractivity (Wildman–Crippen MR) is 113 cm³/mol. The first-order valence-electron chi connectivity index (χ1n) is 8.71. The molecule has 2 N–H and O–H groups in total. The largest absolute Gasteiger partial charge is 0.484 e. The maximum atomic E-state index is 12.0. The Kier molecular flexibility index (Phi) is 7.18. The van der Waals surface area contributed by atoms with Gasteiger partial charge >= 0.3 is 0 Å². The van der Waals surface area contributed by atoms with E-state index in [2.05, 4.69) is 31.5 Å². The second kappa shape index (κ2) is 10.2. The van der Waals surface area contributed by atoms with Crippen LogP contribution in [-0.4, -0.2) is 30.0 Å². The first-order chi connectivity index (χ1) is 14.1. The Morgan fingerprint density at radius 3 is 1.86 bits per heavy atom. The van der Waals surface area contributed by atoms with Crippen molar-refractivity contribution >= 4 is 39.2 Å². The lowest BCUT2D eigenvalue weighted by atomic mass is 10.3. The molecule has 0 saturated heterocycles. The Morgan fingerprint density at radius 2 is 1.34 bits per heavy atom. The van der Waals surface area contributed by atoms with E-state index in [1.54, 1.807) is 30.3 Å². The zero-order valence-corrected chi connectivity index (χ0v) is 16.9. The van der Waals surface area contributed by atoms with Crippen molar-refractivity contribution in [3.63, 3.8) is 0 Å². The fraction of sp³-hybridized carbons (Fsp3) is 0.0952. The first kappa shape index (κ1) is 20.3. The predicted octanol–water partition coefficient (Wildman–Crippen LogP) is 3.88. The number of amides is 2. The fourth-order valence-electron chi connectivity index (χ4n) is 2.29. The van der Waals surface area contributed by atoms with Gasteiger partial charge in [-0.15, -0.1) is 0 Å². The van der Waals surface area contributed by atoms with Crippen molar-refractivity contribution in [1.29, 1.82) is 0 Å². The molecule has 2 amide bonds. The number of halogens is 1. The van der Waals surface area contributed by atoms with Crippen LogP contribution >= 0.6 is 15.9 Å². The summed E-state index contributed by atoms with van der Waals surface area (Å²) in [4.78, 5) is 28.2. The smallest absolute Gasteiger partial charge is 0.263 e. The van der Waals surface area contributed by atoms with E-state index in [1.807, 2.05) is 36.4 Å². The highest BCUT2D eigenvalue weighted by atomic mass is 79.9.